The van der Waals surface area contributed by atoms with Crippen LogP contribution in [-0.2, 0) is 12.3 Å². The maximum absolute atomic E-state index is 6.23. The summed E-state index contributed by atoms with van der Waals surface area (Å²) in [7, 11) is 0. The minimum absolute atomic E-state index is 0.399. The molecule has 2 aromatic heterocycles. The van der Waals surface area contributed by atoms with Crippen molar-refractivity contribution in [2.24, 2.45) is 0 Å². The smallest absolute Gasteiger partial charge is 0.302 e. The largest absolute Gasteiger partial charge is 0.423 e. The first-order valence-electron chi connectivity index (χ1n) is 8.16. The molecule has 0 bridgehead atoms. The number of aromatic nitrogens is 4. The van der Waals surface area contributed by atoms with Gasteiger partial charge in [-0.15, -0.1) is 10.2 Å². The van der Waals surface area contributed by atoms with E-state index in [0.29, 0.717) is 12.0 Å². The maximum Gasteiger partial charge on any atom is 0.302 e. The van der Waals surface area contributed by atoms with E-state index in [9.17, 15) is 0 Å². The molecule has 0 fully saturated rings. The van der Waals surface area contributed by atoms with Crippen LogP contribution in [0.15, 0.2) is 58.1 Å². The molecule has 2 aromatic carbocycles. The average Bonchev–Trinajstić information content (AvgIpc) is 3.24. The summed E-state index contributed by atoms with van der Waals surface area (Å²) in [5, 5.41) is 13.2. The molecule has 2 heterocycles. The van der Waals surface area contributed by atoms with Gasteiger partial charge >= 0.3 is 6.01 Å². The van der Waals surface area contributed by atoms with Crippen molar-refractivity contribution >= 4 is 46.4 Å². The third-order valence-electron chi connectivity index (χ3n) is 3.86. The molecular weight excluding hydrogens is 370 g/mol. The Balaban J connectivity index is 1.53. The van der Waals surface area contributed by atoms with Crippen molar-refractivity contribution in [3.63, 3.8) is 0 Å². The highest BCUT2D eigenvalue weighted by Crippen LogP contribution is 2.28. The van der Waals surface area contributed by atoms with Gasteiger partial charge in [-0.1, -0.05) is 53.7 Å². The molecule has 0 amide bonds. The fraction of sp³-hybridized carbons (Fsp3) is 0.167. The number of halogens is 1. The van der Waals surface area contributed by atoms with Gasteiger partial charge in [0.25, 0.3) is 0 Å². The molecular formula is C18H16ClN5OS. The lowest BCUT2D eigenvalue weighted by molar-refractivity contribution is 0.617. The summed E-state index contributed by atoms with van der Waals surface area (Å²) in [4.78, 5) is 4.41. The quantitative estimate of drug-likeness (QED) is 0.464. The van der Waals surface area contributed by atoms with E-state index in [1.54, 1.807) is 11.8 Å². The number of para-hydroxylation sites is 2. The number of fused-ring (bicyclic) bond motifs is 1. The average molecular weight is 386 g/mol. The molecule has 0 saturated heterocycles. The fourth-order valence-electron chi connectivity index (χ4n) is 2.55. The number of thioether (sulfide) groups is 1. The van der Waals surface area contributed by atoms with E-state index >= 15 is 0 Å². The number of anilines is 2. The van der Waals surface area contributed by atoms with Gasteiger partial charge in [0.2, 0.25) is 5.95 Å². The monoisotopic (exact) mass is 385 g/mol. The number of benzene rings is 2. The molecule has 0 aliphatic carbocycles. The van der Waals surface area contributed by atoms with Crippen LogP contribution in [0.2, 0.25) is 5.02 Å². The highest BCUT2D eigenvalue weighted by Gasteiger charge is 2.14. The lowest BCUT2D eigenvalue weighted by atomic mass is 10.2. The fourth-order valence-corrected chi connectivity index (χ4v) is 3.84. The minimum atomic E-state index is 0.399. The van der Waals surface area contributed by atoms with Crippen molar-refractivity contribution in [1.82, 2.24) is 19.7 Å². The Morgan fingerprint density at radius 3 is 2.73 bits per heavy atom. The van der Waals surface area contributed by atoms with E-state index in [2.05, 4.69) is 20.5 Å². The molecule has 4 aromatic rings. The first kappa shape index (κ1) is 16.9. The van der Waals surface area contributed by atoms with E-state index in [-0.39, 0.29) is 0 Å². The second-order valence-corrected chi connectivity index (χ2v) is 6.89. The summed E-state index contributed by atoms with van der Waals surface area (Å²) in [5.41, 5.74) is 2.59. The van der Waals surface area contributed by atoms with Crippen LogP contribution >= 0.6 is 23.4 Å². The van der Waals surface area contributed by atoms with Gasteiger partial charge in [-0.25, -0.2) is 0 Å². The van der Waals surface area contributed by atoms with Gasteiger partial charge in [0, 0.05) is 17.3 Å². The van der Waals surface area contributed by atoms with Gasteiger partial charge in [0.1, 0.15) is 5.52 Å². The first-order chi connectivity index (χ1) is 12.7. The van der Waals surface area contributed by atoms with Crippen molar-refractivity contribution in [1.29, 1.82) is 0 Å². The van der Waals surface area contributed by atoms with Crippen molar-refractivity contribution < 1.29 is 4.42 Å². The molecule has 0 atom stereocenters. The molecule has 8 heteroatoms. The van der Waals surface area contributed by atoms with Gasteiger partial charge in [-0.3, -0.25) is 9.88 Å². The third kappa shape index (κ3) is 3.40. The summed E-state index contributed by atoms with van der Waals surface area (Å²) < 4.78 is 7.68. The number of hydrogen-bond acceptors (Lipinski definition) is 6. The molecule has 26 heavy (non-hydrogen) atoms. The molecule has 0 aliphatic rings. The van der Waals surface area contributed by atoms with Gasteiger partial charge < -0.3 is 4.42 Å². The Morgan fingerprint density at radius 1 is 1.12 bits per heavy atom. The Bertz CT molecular complexity index is 1010. The lowest BCUT2D eigenvalue weighted by Crippen LogP contribution is -2.03. The van der Waals surface area contributed by atoms with Crippen LogP contribution in [0.5, 0.6) is 0 Å². The topological polar surface area (TPSA) is 68.8 Å². The van der Waals surface area contributed by atoms with Crippen LogP contribution in [0.1, 0.15) is 12.5 Å². The van der Waals surface area contributed by atoms with E-state index in [1.165, 1.54) is 0 Å². The van der Waals surface area contributed by atoms with E-state index in [4.69, 9.17) is 16.0 Å². The highest BCUT2D eigenvalue weighted by molar-refractivity contribution is 7.98. The zero-order valence-corrected chi connectivity index (χ0v) is 15.6. The molecule has 0 aliphatic heterocycles. The van der Waals surface area contributed by atoms with E-state index in [1.807, 2.05) is 60.0 Å². The van der Waals surface area contributed by atoms with Gasteiger partial charge in [0.15, 0.2) is 10.7 Å². The highest BCUT2D eigenvalue weighted by atomic mass is 35.5. The van der Waals surface area contributed by atoms with Crippen molar-refractivity contribution in [2.75, 3.05) is 5.32 Å². The van der Waals surface area contributed by atoms with Crippen LogP contribution < -0.4 is 5.32 Å². The van der Waals surface area contributed by atoms with E-state index in [0.717, 1.165) is 39.1 Å². The number of rotatable bonds is 6. The summed E-state index contributed by atoms with van der Waals surface area (Å²) in [5.74, 6) is 1.32. The van der Waals surface area contributed by atoms with Crippen LogP contribution in [0, 0.1) is 0 Å². The zero-order valence-electron chi connectivity index (χ0n) is 14.0. The first-order valence-corrected chi connectivity index (χ1v) is 9.53. The maximum atomic E-state index is 6.23. The molecule has 132 valence electrons. The molecule has 1 N–H and O–H groups in total. The molecule has 6 nitrogen and oxygen atoms in total. The van der Waals surface area contributed by atoms with Crippen molar-refractivity contribution in [3.8, 4) is 0 Å². The standard InChI is InChI=1S/C18H16ClN5OS/c1-2-24-16(21-17-20-14-9-5-6-10-15(14)25-17)22-23-18(24)26-11-12-7-3-4-8-13(12)19/h3-10H,2,11H2,1H3,(H,20,21,22). The summed E-state index contributed by atoms with van der Waals surface area (Å²) in [6.07, 6.45) is 0. The van der Waals surface area contributed by atoms with Gasteiger partial charge in [-0.05, 0) is 30.7 Å². The summed E-state index contributed by atoms with van der Waals surface area (Å²) in [6, 6.07) is 15.8. The summed E-state index contributed by atoms with van der Waals surface area (Å²) >= 11 is 7.82. The normalized spacial score (nSPS) is 11.2. The number of hydrogen-bond donors (Lipinski definition) is 1. The minimum Gasteiger partial charge on any atom is -0.423 e. The Hall–Kier alpha value is -2.51. The lowest BCUT2D eigenvalue weighted by Gasteiger charge is -2.07. The van der Waals surface area contributed by atoms with Crippen LogP contribution in [0.3, 0.4) is 0 Å². The Morgan fingerprint density at radius 2 is 1.92 bits per heavy atom. The second kappa shape index (κ2) is 7.39. The van der Waals surface area contributed by atoms with Crippen molar-refractivity contribution in [2.45, 2.75) is 24.4 Å². The van der Waals surface area contributed by atoms with Crippen LogP contribution in [0.4, 0.5) is 12.0 Å². The number of nitrogens with one attached hydrogen (secondary N) is 1. The Labute approximate surface area is 159 Å². The predicted molar refractivity (Wildman–Crippen MR) is 104 cm³/mol. The molecule has 0 saturated carbocycles. The molecule has 4 rings (SSSR count). The second-order valence-electron chi connectivity index (χ2n) is 5.54. The molecule has 0 spiro atoms. The number of nitrogens with zero attached hydrogens (tertiary/aromatic N) is 4. The van der Waals surface area contributed by atoms with Crippen LogP contribution in [-0.4, -0.2) is 19.7 Å². The SMILES string of the molecule is CCn1c(Nc2nc3ccccc3o2)nnc1SCc1ccccc1Cl. The molecule has 0 unspecified atom stereocenters. The van der Waals surface area contributed by atoms with Crippen LogP contribution in [0.25, 0.3) is 11.1 Å². The Kier molecular flexibility index (Phi) is 4.81. The molecule has 0 radical (unpaired) electrons. The van der Waals surface area contributed by atoms with E-state index < -0.39 is 0 Å². The zero-order chi connectivity index (χ0) is 17.9. The van der Waals surface area contributed by atoms with Gasteiger partial charge in [0.05, 0.1) is 0 Å². The number of oxazole rings is 1. The van der Waals surface area contributed by atoms with Gasteiger partial charge in [-0.2, -0.15) is 4.98 Å². The predicted octanol–water partition coefficient (Wildman–Crippen LogP) is 5.13. The van der Waals surface area contributed by atoms with Crippen molar-refractivity contribution in [3.05, 3.63) is 59.1 Å². The third-order valence-corrected chi connectivity index (χ3v) is 5.24. The summed E-state index contributed by atoms with van der Waals surface area (Å²) in [6.45, 7) is 2.76.